The van der Waals surface area contributed by atoms with Gasteiger partial charge in [0.05, 0.1) is 6.04 Å². The number of hydrogen-bond acceptors (Lipinski definition) is 2. The smallest absolute Gasteiger partial charge is 0.123 e. The Morgan fingerprint density at radius 1 is 1.67 bits per heavy atom. The van der Waals surface area contributed by atoms with E-state index >= 15 is 0 Å². The number of hydrogen-bond donors (Lipinski definition) is 2. The van der Waals surface area contributed by atoms with Gasteiger partial charge >= 0.3 is 0 Å². The van der Waals surface area contributed by atoms with Gasteiger partial charge < -0.3 is 10.3 Å². The number of aromatic amines is 1. The number of aromatic nitrogens is 2. The first kappa shape index (κ1) is 9.26. The van der Waals surface area contributed by atoms with Crippen molar-refractivity contribution in [2.75, 3.05) is 7.05 Å². The standard InChI is InChI=1S/C9H17N3/c1-4-7(2)8(10-3)9-11-5-6-12-9/h5-8,10H,4H2,1-3H3,(H,11,12). The third-order valence-electron chi connectivity index (χ3n) is 2.34. The predicted molar refractivity (Wildman–Crippen MR) is 49.8 cm³/mol. The van der Waals surface area contributed by atoms with E-state index in [9.17, 15) is 0 Å². The van der Waals surface area contributed by atoms with Crippen LogP contribution < -0.4 is 5.32 Å². The molecule has 0 bridgehead atoms. The summed E-state index contributed by atoms with van der Waals surface area (Å²) in [7, 11) is 1.97. The van der Waals surface area contributed by atoms with Crippen molar-refractivity contribution in [3.63, 3.8) is 0 Å². The molecule has 1 rings (SSSR count). The summed E-state index contributed by atoms with van der Waals surface area (Å²) in [6.07, 6.45) is 4.82. The number of rotatable bonds is 4. The van der Waals surface area contributed by atoms with Gasteiger partial charge in [0.2, 0.25) is 0 Å². The Balaban J connectivity index is 2.69. The first-order valence-electron chi connectivity index (χ1n) is 4.46. The Bertz CT molecular complexity index is 206. The van der Waals surface area contributed by atoms with Gasteiger partial charge in [-0.05, 0) is 13.0 Å². The normalized spacial score (nSPS) is 15.9. The lowest BCUT2D eigenvalue weighted by Crippen LogP contribution is -2.24. The molecule has 0 saturated heterocycles. The molecule has 0 aliphatic rings. The summed E-state index contributed by atoms with van der Waals surface area (Å²) in [5.74, 6) is 1.65. The van der Waals surface area contributed by atoms with E-state index in [0.29, 0.717) is 12.0 Å². The Labute approximate surface area is 73.6 Å². The molecule has 1 aromatic heterocycles. The van der Waals surface area contributed by atoms with Crippen LogP contribution in [0, 0.1) is 5.92 Å². The van der Waals surface area contributed by atoms with Gasteiger partial charge in [0.15, 0.2) is 0 Å². The van der Waals surface area contributed by atoms with Crippen molar-refractivity contribution < 1.29 is 0 Å². The number of nitrogens with one attached hydrogen (secondary N) is 2. The summed E-state index contributed by atoms with van der Waals surface area (Å²) in [6, 6.07) is 0.352. The average molecular weight is 167 g/mol. The highest BCUT2D eigenvalue weighted by Gasteiger charge is 2.17. The third kappa shape index (κ3) is 1.85. The molecule has 1 heterocycles. The van der Waals surface area contributed by atoms with Gasteiger partial charge in [-0.2, -0.15) is 0 Å². The molecule has 68 valence electrons. The summed E-state index contributed by atoms with van der Waals surface area (Å²) in [4.78, 5) is 7.37. The molecule has 0 radical (unpaired) electrons. The van der Waals surface area contributed by atoms with Gasteiger partial charge in [0.1, 0.15) is 5.82 Å². The van der Waals surface area contributed by atoms with Crippen molar-refractivity contribution in [2.24, 2.45) is 5.92 Å². The number of imidazole rings is 1. The molecular formula is C9H17N3. The highest BCUT2D eigenvalue weighted by Crippen LogP contribution is 2.20. The molecule has 0 aliphatic heterocycles. The number of H-pyrrole nitrogens is 1. The second-order valence-electron chi connectivity index (χ2n) is 3.13. The summed E-state index contributed by atoms with van der Waals surface area (Å²) in [5.41, 5.74) is 0. The monoisotopic (exact) mass is 167 g/mol. The van der Waals surface area contributed by atoms with Crippen LogP contribution >= 0.6 is 0 Å². The van der Waals surface area contributed by atoms with Gasteiger partial charge in [-0.1, -0.05) is 20.3 Å². The van der Waals surface area contributed by atoms with Crippen LogP contribution in [0.3, 0.4) is 0 Å². The van der Waals surface area contributed by atoms with Crippen LogP contribution in [-0.2, 0) is 0 Å². The van der Waals surface area contributed by atoms with Crippen LogP contribution in [0.15, 0.2) is 12.4 Å². The van der Waals surface area contributed by atoms with Crippen molar-refractivity contribution >= 4 is 0 Å². The van der Waals surface area contributed by atoms with E-state index in [0.717, 1.165) is 12.2 Å². The molecule has 0 fully saturated rings. The minimum Gasteiger partial charge on any atom is -0.347 e. The van der Waals surface area contributed by atoms with Crippen molar-refractivity contribution in [1.29, 1.82) is 0 Å². The van der Waals surface area contributed by atoms with Crippen molar-refractivity contribution in [3.05, 3.63) is 18.2 Å². The van der Waals surface area contributed by atoms with E-state index < -0.39 is 0 Å². The van der Waals surface area contributed by atoms with E-state index in [1.54, 1.807) is 6.20 Å². The van der Waals surface area contributed by atoms with Crippen LogP contribution in [0.25, 0.3) is 0 Å². The highest BCUT2D eigenvalue weighted by atomic mass is 15.0. The minimum atomic E-state index is 0.352. The van der Waals surface area contributed by atoms with E-state index in [-0.39, 0.29) is 0 Å². The quantitative estimate of drug-likeness (QED) is 0.716. The maximum absolute atomic E-state index is 4.24. The zero-order valence-corrected chi connectivity index (χ0v) is 7.96. The molecule has 1 aromatic rings. The molecule has 12 heavy (non-hydrogen) atoms. The van der Waals surface area contributed by atoms with Gasteiger partial charge in [-0.15, -0.1) is 0 Å². The van der Waals surface area contributed by atoms with Crippen molar-refractivity contribution in [1.82, 2.24) is 15.3 Å². The lowest BCUT2D eigenvalue weighted by atomic mass is 9.99. The SMILES string of the molecule is CCC(C)C(NC)c1ncc[nH]1. The molecule has 0 saturated carbocycles. The molecule has 0 amide bonds. The fourth-order valence-electron chi connectivity index (χ4n) is 1.37. The fraction of sp³-hybridized carbons (Fsp3) is 0.667. The zero-order chi connectivity index (χ0) is 8.97. The molecule has 0 aliphatic carbocycles. The molecule has 2 atom stereocenters. The summed E-state index contributed by atoms with van der Waals surface area (Å²) >= 11 is 0. The van der Waals surface area contributed by atoms with Gasteiger partial charge in [0.25, 0.3) is 0 Å². The lowest BCUT2D eigenvalue weighted by Gasteiger charge is -2.19. The average Bonchev–Trinajstić information content (AvgIpc) is 2.58. The van der Waals surface area contributed by atoms with Crippen molar-refractivity contribution in [3.8, 4) is 0 Å². The largest absolute Gasteiger partial charge is 0.347 e. The first-order chi connectivity index (χ1) is 5.79. The molecule has 0 spiro atoms. The van der Waals surface area contributed by atoms with Crippen LogP contribution in [0.2, 0.25) is 0 Å². The van der Waals surface area contributed by atoms with Crippen LogP contribution in [-0.4, -0.2) is 17.0 Å². The second-order valence-corrected chi connectivity index (χ2v) is 3.13. The highest BCUT2D eigenvalue weighted by molar-refractivity contribution is 4.96. The van der Waals surface area contributed by atoms with Crippen LogP contribution in [0.5, 0.6) is 0 Å². The molecule has 0 aromatic carbocycles. The minimum absolute atomic E-state index is 0.352. The first-order valence-corrected chi connectivity index (χ1v) is 4.46. The van der Waals surface area contributed by atoms with Crippen molar-refractivity contribution in [2.45, 2.75) is 26.3 Å². The topological polar surface area (TPSA) is 40.7 Å². The third-order valence-corrected chi connectivity index (χ3v) is 2.34. The molecule has 3 heteroatoms. The van der Waals surface area contributed by atoms with Gasteiger partial charge in [0, 0.05) is 12.4 Å². The Morgan fingerprint density at radius 3 is 2.83 bits per heavy atom. The summed E-state index contributed by atoms with van der Waals surface area (Å²) < 4.78 is 0. The summed E-state index contributed by atoms with van der Waals surface area (Å²) in [6.45, 7) is 4.42. The Kier molecular flexibility index (Phi) is 3.29. The Morgan fingerprint density at radius 2 is 2.42 bits per heavy atom. The van der Waals surface area contributed by atoms with E-state index in [4.69, 9.17) is 0 Å². The van der Waals surface area contributed by atoms with E-state index in [1.165, 1.54) is 0 Å². The van der Waals surface area contributed by atoms with E-state index in [2.05, 4.69) is 29.1 Å². The predicted octanol–water partition coefficient (Wildman–Crippen LogP) is 1.72. The fourth-order valence-corrected chi connectivity index (χ4v) is 1.37. The molecule has 2 N–H and O–H groups in total. The molecule has 3 nitrogen and oxygen atoms in total. The van der Waals surface area contributed by atoms with Gasteiger partial charge in [-0.3, -0.25) is 0 Å². The lowest BCUT2D eigenvalue weighted by molar-refractivity contribution is 0.386. The molecular weight excluding hydrogens is 150 g/mol. The van der Waals surface area contributed by atoms with Crippen LogP contribution in [0.1, 0.15) is 32.1 Å². The zero-order valence-electron chi connectivity index (χ0n) is 7.96. The van der Waals surface area contributed by atoms with Crippen LogP contribution in [0.4, 0.5) is 0 Å². The van der Waals surface area contributed by atoms with Gasteiger partial charge in [-0.25, -0.2) is 4.98 Å². The maximum atomic E-state index is 4.24. The summed E-state index contributed by atoms with van der Waals surface area (Å²) in [5, 5.41) is 3.26. The molecule has 2 unspecified atom stereocenters. The Hall–Kier alpha value is -0.830. The number of nitrogens with zero attached hydrogens (tertiary/aromatic N) is 1. The maximum Gasteiger partial charge on any atom is 0.123 e. The van der Waals surface area contributed by atoms with E-state index in [1.807, 2.05) is 13.2 Å². The second kappa shape index (κ2) is 4.26.